The summed E-state index contributed by atoms with van der Waals surface area (Å²) in [4.78, 5) is 11.1. The first-order valence-electron chi connectivity index (χ1n) is 5.15. The maximum atomic E-state index is 10.9. The second-order valence-corrected chi connectivity index (χ2v) is 4.65. The van der Waals surface area contributed by atoms with Gasteiger partial charge >= 0.3 is 0 Å². The second-order valence-electron chi connectivity index (χ2n) is 3.51. The van der Waals surface area contributed by atoms with Crippen LogP contribution in [0.2, 0.25) is 0 Å². The Hall–Kier alpha value is -1.07. The second kappa shape index (κ2) is 5.86. The van der Waals surface area contributed by atoms with Crippen molar-refractivity contribution in [2.45, 2.75) is 31.3 Å². The number of hydrogen-bond donors (Lipinski definition) is 1. The van der Waals surface area contributed by atoms with Crippen molar-refractivity contribution in [3.63, 3.8) is 0 Å². The molecule has 0 spiro atoms. The van der Waals surface area contributed by atoms with Gasteiger partial charge in [-0.25, -0.2) is 0 Å². The molecule has 0 bridgehead atoms. The molecule has 0 aliphatic heterocycles. The third-order valence-electron chi connectivity index (χ3n) is 2.12. The smallest absolute Gasteiger partial charge is 0.283 e. The molecule has 16 heavy (non-hydrogen) atoms. The molecule has 0 saturated heterocycles. The van der Waals surface area contributed by atoms with E-state index in [1.54, 1.807) is 19.1 Å². The van der Waals surface area contributed by atoms with Crippen molar-refractivity contribution in [3.05, 3.63) is 33.9 Å². The summed E-state index contributed by atoms with van der Waals surface area (Å²) in [6, 6.07) is 4.89. The first-order valence-corrected chi connectivity index (χ1v) is 6.14. The predicted octanol–water partition coefficient (Wildman–Crippen LogP) is 3.15. The lowest BCUT2D eigenvalue weighted by atomic mass is 10.1. The molecule has 0 heterocycles. The molecule has 1 aromatic rings. The van der Waals surface area contributed by atoms with Gasteiger partial charge in [0.25, 0.3) is 5.69 Å². The lowest BCUT2D eigenvalue weighted by Gasteiger charge is -2.07. The van der Waals surface area contributed by atoms with Gasteiger partial charge in [0, 0.05) is 6.07 Å². The van der Waals surface area contributed by atoms with Gasteiger partial charge in [0.15, 0.2) is 0 Å². The van der Waals surface area contributed by atoms with Crippen molar-refractivity contribution in [3.8, 4) is 0 Å². The zero-order valence-corrected chi connectivity index (χ0v) is 10.2. The van der Waals surface area contributed by atoms with E-state index < -0.39 is 11.0 Å². The van der Waals surface area contributed by atoms with E-state index in [0.717, 1.165) is 12.2 Å². The summed E-state index contributed by atoms with van der Waals surface area (Å²) in [6.07, 6.45) is 0.295. The topological polar surface area (TPSA) is 63.4 Å². The number of benzene rings is 1. The van der Waals surface area contributed by atoms with Crippen LogP contribution in [0.5, 0.6) is 0 Å². The summed E-state index contributed by atoms with van der Waals surface area (Å²) in [5.74, 6) is 0.856. The molecule has 1 N–H and O–H groups in total. The zero-order chi connectivity index (χ0) is 12.1. The van der Waals surface area contributed by atoms with Crippen molar-refractivity contribution in [2.75, 3.05) is 5.75 Å². The van der Waals surface area contributed by atoms with Gasteiger partial charge < -0.3 is 5.11 Å². The number of aliphatic hydroxyl groups excluding tert-OH is 1. The molecule has 0 radical (unpaired) electrons. The van der Waals surface area contributed by atoms with Crippen LogP contribution in [-0.4, -0.2) is 15.8 Å². The molecular formula is C11H15NO3S. The molecule has 1 aromatic carbocycles. The van der Waals surface area contributed by atoms with Crippen molar-refractivity contribution < 1.29 is 10.0 Å². The quantitative estimate of drug-likeness (QED) is 0.488. The Bertz CT molecular complexity index is 379. The molecule has 88 valence electrons. The summed E-state index contributed by atoms with van der Waals surface area (Å²) < 4.78 is 0. The van der Waals surface area contributed by atoms with Crippen LogP contribution in [-0.2, 0) is 0 Å². The van der Waals surface area contributed by atoms with Gasteiger partial charge in [0.05, 0.1) is 15.9 Å². The number of nitro groups is 1. The molecule has 0 saturated carbocycles. The Labute approximate surface area is 98.8 Å². The van der Waals surface area contributed by atoms with Gasteiger partial charge in [-0.2, -0.15) is 0 Å². The molecule has 1 rings (SSSR count). The van der Waals surface area contributed by atoms with Crippen molar-refractivity contribution in [1.82, 2.24) is 0 Å². The molecule has 5 heteroatoms. The van der Waals surface area contributed by atoms with Crippen molar-refractivity contribution in [1.29, 1.82) is 0 Å². The molecule has 0 fully saturated rings. The number of aliphatic hydroxyl groups is 1. The minimum atomic E-state index is -0.677. The molecule has 0 aromatic heterocycles. The molecule has 4 nitrogen and oxygen atoms in total. The van der Waals surface area contributed by atoms with Gasteiger partial charge in [-0.3, -0.25) is 10.1 Å². The average Bonchev–Trinajstić information content (AvgIpc) is 2.25. The van der Waals surface area contributed by atoms with Gasteiger partial charge in [-0.05, 0) is 30.7 Å². The monoisotopic (exact) mass is 241 g/mol. The highest BCUT2D eigenvalue weighted by molar-refractivity contribution is 7.99. The first kappa shape index (κ1) is 13.0. The molecule has 1 atom stereocenters. The molecule has 0 aliphatic carbocycles. The first-order chi connectivity index (χ1) is 7.56. The number of nitrogens with zero attached hydrogens (tertiary/aromatic N) is 1. The number of nitro benzene ring substituents is 1. The summed E-state index contributed by atoms with van der Waals surface area (Å²) in [5.41, 5.74) is 0.657. The van der Waals surface area contributed by atoms with Crippen LogP contribution in [0.15, 0.2) is 23.1 Å². The van der Waals surface area contributed by atoms with Crippen LogP contribution in [0.4, 0.5) is 5.69 Å². The highest BCUT2D eigenvalue weighted by Crippen LogP contribution is 2.31. The van der Waals surface area contributed by atoms with E-state index in [1.807, 2.05) is 6.92 Å². The number of rotatable bonds is 5. The molecule has 0 unspecified atom stereocenters. The molecule has 0 amide bonds. The van der Waals surface area contributed by atoms with E-state index in [4.69, 9.17) is 0 Å². The van der Waals surface area contributed by atoms with Gasteiger partial charge in [-0.15, -0.1) is 11.8 Å². The highest BCUT2D eigenvalue weighted by atomic mass is 32.2. The standard InChI is InChI=1S/C11H15NO3S/c1-3-6-16-11-5-4-9(8(2)13)7-10(11)12(14)15/h4-5,7-8,13H,3,6H2,1-2H3/t8-/m1/s1. The Morgan fingerprint density at radius 3 is 2.75 bits per heavy atom. The Kier molecular flexibility index (Phi) is 4.76. The lowest BCUT2D eigenvalue weighted by molar-refractivity contribution is -0.387. The predicted molar refractivity (Wildman–Crippen MR) is 64.7 cm³/mol. The lowest BCUT2D eigenvalue weighted by Crippen LogP contribution is -1.96. The summed E-state index contributed by atoms with van der Waals surface area (Å²) >= 11 is 1.47. The van der Waals surface area contributed by atoms with E-state index in [-0.39, 0.29) is 5.69 Å². The maximum absolute atomic E-state index is 10.9. The fourth-order valence-corrected chi connectivity index (χ4v) is 2.14. The Morgan fingerprint density at radius 2 is 2.25 bits per heavy atom. The zero-order valence-electron chi connectivity index (χ0n) is 9.34. The summed E-state index contributed by atoms with van der Waals surface area (Å²) in [6.45, 7) is 3.63. The minimum absolute atomic E-state index is 0.0804. The fraction of sp³-hybridized carbons (Fsp3) is 0.455. The maximum Gasteiger partial charge on any atom is 0.283 e. The molecular weight excluding hydrogens is 226 g/mol. The van der Waals surface area contributed by atoms with E-state index in [9.17, 15) is 15.2 Å². The fourth-order valence-electron chi connectivity index (χ4n) is 1.27. The normalized spacial score (nSPS) is 12.4. The highest BCUT2D eigenvalue weighted by Gasteiger charge is 2.16. The van der Waals surface area contributed by atoms with Gasteiger partial charge in [0.2, 0.25) is 0 Å². The van der Waals surface area contributed by atoms with E-state index in [1.165, 1.54) is 17.8 Å². The SMILES string of the molecule is CCCSc1ccc([C@@H](C)O)cc1[N+](=O)[O-]. The largest absolute Gasteiger partial charge is 0.389 e. The Morgan fingerprint density at radius 1 is 1.56 bits per heavy atom. The van der Waals surface area contributed by atoms with Crippen LogP contribution in [0.3, 0.4) is 0 Å². The van der Waals surface area contributed by atoms with Gasteiger partial charge in [0.1, 0.15) is 0 Å². The van der Waals surface area contributed by atoms with Crippen molar-refractivity contribution in [2.24, 2.45) is 0 Å². The minimum Gasteiger partial charge on any atom is -0.389 e. The van der Waals surface area contributed by atoms with Crippen LogP contribution in [0.1, 0.15) is 31.9 Å². The van der Waals surface area contributed by atoms with E-state index in [0.29, 0.717) is 10.5 Å². The average molecular weight is 241 g/mol. The van der Waals surface area contributed by atoms with E-state index in [2.05, 4.69) is 0 Å². The number of hydrogen-bond acceptors (Lipinski definition) is 4. The van der Waals surface area contributed by atoms with Gasteiger partial charge in [-0.1, -0.05) is 13.0 Å². The Balaban J connectivity index is 3.04. The van der Waals surface area contributed by atoms with Crippen LogP contribution >= 0.6 is 11.8 Å². The van der Waals surface area contributed by atoms with Crippen molar-refractivity contribution >= 4 is 17.4 Å². The summed E-state index contributed by atoms with van der Waals surface area (Å²) in [5, 5.41) is 20.2. The van der Waals surface area contributed by atoms with Crippen LogP contribution < -0.4 is 0 Å². The third-order valence-corrected chi connectivity index (χ3v) is 3.39. The molecule has 0 aliphatic rings. The van der Waals surface area contributed by atoms with E-state index >= 15 is 0 Å². The van der Waals surface area contributed by atoms with Crippen LogP contribution in [0.25, 0.3) is 0 Å². The number of thioether (sulfide) groups is 1. The summed E-state index contributed by atoms with van der Waals surface area (Å²) in [7, 11) is 0. The third kappa shape index (κ3) is 3.21. The van der Waals surface area contributed by atoms with Crippen LogP contribution in [0, 0.1) is 10.1 Å².